The van der Waals surface area contributed by atoms with E-state index in [9.17, 15) is 4.79 Å². The maximum absolute atomic E-state index is 11.7. The third-order valence-corrected chi connectivity index (χ3v) is 3.26. The van der Waals surface area contributed by atoms with Crippen molar-refractivity contribution < 1.29 is 4.79 Å². The minimum atomic E-state index is -0.327. The SMILES string of the molecule is Cc1ccnc(NC(=O)N/C=C/c2ccccc2Br)c1. The van der Waals surface area contributed by atoms with E-state index in [0.717, 1.165) is 15.6 Å². The molecule has 0 bridgehead atoms. The molecule has 20 heavy (non-hydrogen) atoms. The second-order valence-corrected chi connectivity index (χ2v) is 5.03. The summed E-state index contributed by atoms with van der Waals surface area (Å²) in [5.74, 6) is 0.525. The van der Waals surface area contributed by atoms with Gasteiger partial charge in [-0.05, 0) is 42.3 Å². The maximum atomic E-state index is 11.7. The number of benzene rings is 1. The van der Waals surface area contributed by atoms with Crippen LogP contribution in [0.25, 0.3) is 6.08 Å². The summed E-state index contributed by atoms with van der Waals surface area (Å²) in [5.41, 5.74) is 2.03. The first kappa shape index (κ1) is 14.3. The van der Waals surface area contributed by atoms with Gasteiger partial charge >= 0.3 is 6.03 Å². The van der Waals surface area contributed by atoms with Crippen molar-refractivity contribution in [3.05, 3.63) is 64.4 Å². The van der Waals surface area contributed by atoms with Crippen LogP contribution in [0.5, 0.6) is 0 Å². The summed E-state index contributed by atoms with van der Waals surface area (Å²) < 4.78 is 0.971. The lowest BCUT2D eigenvalue weighted by Crippen LogP contribution is -2.24. The van der Waals surface area contributed by atoms with Crippen LogP contribution in [0.2, 0.25) is 0 Å². The zero-order valence-electron chi connectivity index (χ0n) is 10.9. The van der Waals surface area contributed by atoms with Crippen molar-refractivity contribution in [3.63, 3.8) is 0 Å². The Hall–Kier alpha value is -2.14. The Morgan fingerprint density at radius 1 is 1.30 bits per heavy atom. The van der Waals surface area contributed by atoms with Crippen molar-refractivity contribution in [2.75, 3.05) is 5.32 Å². The van der Waals surface area contributed by atoms with Gasteiger partial charge in [-0.1, -0.05) is 34.1 Å². The highest BCUT2D eigenvalue weighted by Crippen LogP contribution is 2.16. The molecular weight excluding hydrogens is 318 g/mol. The molecule has 5 heteroatoms. The Morgan fingerprint density at radius 3 is 2.85 bits per heavy atom. The first-order valence-corrected chi connectivity index (χ1v) is 6.86. The smallest absolute Gasteiger partial charge is 0.314 e. The lowest BCUT2D eigenvalue weighted by Gasteiger charge is -2.04. The van der Waals surface area contributed by atoms with Crippen molar-refractivity contribution in [1.82, 2.24) is 10.3 Å². The largest absolute Gasteiger partial charge is 0.324 e. The minimum Gasteiger partial charge on any atom is -0.314 e. The predicted molar refractivity (Wildman–Crippen MR) is 84.3 cm³/mol. The highest BCUT2D eigenvalue weighted by atomic mass is 79.9. The van der Waals surface area contributed by atoms with Gasteiger partial charge in [0.25, 0.3) is 0 Å². The first-order valence-electron chi connectivity index (χ1n) is 6.06. The lowest BCUT2D eigenvalue weighted by atomic mass is 10.2. The molecule has 0 aliphatic rings. The topological polar surface area (TPSA) is 54.0 Å². The molecule has 0 saturated carbocycles. The second-order valence-electron chi connectivity index (χ2n) is 4.17. The van der Waals surface area contributed by atoms with Crippen molar-refractivity contribution in [3.8, 4) is 0 Å². The molecule has 1 heterocycles. The molecule has 0 atom stereocenters. The summed E-state index contributed by atoms with van der Waals surface area (Å²) >= 11 is 3.44. The number of hydrogen-bond donors (Lipinski definition) is 2. The molecule has 0 radical (unpaired) electrons. The van der Waals surface area contributed by atoms with Gasteiger partial charge in [0.15, 0.2) is 0 Å². The van der Waals surface area contributed by atoms with E-state index < -0.39 is 0 Å². The number of nitrogens with zero attached hydrogens (tertiary/aromatic N) is 1. The van der Waals surface area contributed by atoms with E-state index in [1.54, 1.807) is 18.5 Å². The van der Waals surface area contributed by atoms with Gasteiger partial charge in [0.1, 0.15) is 5.82 Å². The lowest BCUT2D eigenvalue weighted by molar-refractivity contribution is 0.255. The van der Waals surface area contributed by atoms with Crippen LogP contribution < -0.4 is 10.6 Å². The number of anilines is 1. The summed E-state index contributed by atoms with van der Waals surface area (Å²) in [6, 6.07) is 11.1. The number of aryl methyl sites for hydroxylation is 1. The zero-order chi connectivity index (χ0) is 14.4. The summed E-state index contributed by atoms with van der Waals surface area (Å²) in [4.78, 5) is 15.7. The van der Waals surface area contributed by atoms with Crippen molar-refractivity contribution in [1.29, 1.82) is 0 Å². The Bertz CT molecular complexity index is 641. The quantitative estimate of drug-likeness (QED) is 0.894. The van der Waals surface area contributed by atoms with E-state index in [4.69, 9.17) is 0 Å². The number of aromatic nitrogens is 1. The van der Waals surface area contributed by atoms with Gasteiger partial charge < -0.3 is 5.32 Å². The van der Waals surface area contributed by atoms with Gasteiger partial charge in [0, 0.05) is 16.9 Å². The highest BCUT2D eigenvalue weighted by molar-refractivity contribution is 9.10. The minimum absolute atomic E-state index is 0.327. The predicted octanol–water partition coefficient (Wildman–Crippen LogP) is 3.94. The Kier molecular flexibility index (Phi) is 4.90. The normalized spacial score (nSPS) is 10.5. The number of carbonyl (C=O) groups excluding carboxylic acids is 1. The number of pyridine rings is 1. The van der Waals surface area contributed by atoms with Crippen LogP contribution in [0.3, 0.4) is 0 Å². The van der Waals surface area contributed by atoms with Crippen molar-refractivity contribution >= 4 is 33.9 Å². The fourth-order valence-electron chi connectivity index (χ4n) is 1.57. The van der Waals surface area contributed by atoms with Crippen LogP contribution >= 0.6 is 15.9 Å². The Balaban J connectivity index is 1.91. The van der Waals surface area contributed by atoms with E-state index in [1.807, 2.05) is 43.3 Å². The first-order chi connectivity index (χ1) is 9.65. The number of nitrogens with one attached hydrogen (secondary N) is 2. The molecule has 0 spiro atoms. The summed E-state index contributed by atoms with van der Waals surface area (Å²) in [5, 5.41) is 5.29. The number of halogens is 1. The molecule has 0 saturated heterocycles. The van der Waals surface area contributed by atoms with E-state index in [2.05, 4.69) is 31.5 Å². The third-order valence-electron chi connectivity index (χ3n) is 2.54. The number of urea groups is 1. The fraction of sp³-hybridized carbons (Fsp3) is 0.0667. The zero-order valence-corrected chi connectivity index (χ0v) is 12.5. The fourth-order valence-corrected chi connectivity index (χ4v) is 1.99. The van der Waals surface area contributed by atoms with E-state index in [-0.39, 0.29) is 6.03 Å². The summed E-state index contributed by atoms with van der Waals surface area (Å²) in [6.07, 6.45) is 5.06. The molecule has 1 aromatic carbocycles. The monoisotopic (exact) mass is 331 g/mol. The number of carbonyl (C=O) groups is 1. The maximum Gasteiger partial charge on any atom is 0.324 e. The van der Waals surface area contributed by atoms with Crippen LogP contribution in [-0.4, -0.2) is 11.0 Å². The third kappa shape index (κ3) is 4.20. The van der Waals surface area contributed by atoms with Gasteiger partial charge in [-0.3, -0.25) is 5.32 Å². The van der Waals surface area contributed by atoms with Gasteiger partial charge in [-0.2, -0.15) is 0 Å². The standard InChI is InChI=1S/C15H14BrN3O/c1-11-6-8-17-14(10-11)19-15(20)18-9-7-12-4-2-3-5-13(12)16/h2-10H,1H3,(H2,17,18,19,20)/b9-7+. The van der Waals surface area contributed by atoms with E-state index in [1.165, 1.54) is 0 Å². The van der Waals surface area contributed by atoms with Gasteiger partial charge in [-0.25, -0.2) is 9.78 Å². The van der Waals surface area contributed by atoms with Crippen LogP contribution in [-0.2, 0) is 0 Å². The molecule has 0 unspecified atom stereocenters. The number of hydrogen-bond acceptors (Lipinski definition) is 2. The molecule has 4 nitrogen and oxygen atoms in total. The average Bonchev–Trinajstić information content (AvgIpc) is 2.41. The van der Waals surface area contributed by atoms with Crippen LogP contribution in [0.4, 0.5) is 10.6 Å². The van der Waals surface area contributed by atoms with Gasteiger partial charge in [0.05, 0.1) is 0 Å². The summed E-state index contributed by atoms with van der Waals surface area (Å²) in [6.45, 7) is 1.94. The van der Waals surface area contributed by atoms with Crippen molar-refractivity contribution in [2.24, 2.45) is 0 Å². The van der Waals surface area contributed by atoms with E-state index in [0.29, 0.717) is 5.82 Å². The van der Waals surface area contributed by atoms with E-state index >= 15 is 0 Å². The Labute approximate surface area is 126 Å². The molecule has 0 aliphatic carbocycles. The molecule has 1 aromatic heterocycles. The van der Waals surface area contributed by atoms with Crippen LogP contribution in [0.1, 0.15) is 11.1 Å². The molecule has 0 fully saturated rings. The van der Waals surface area contributed by atoms with Gasteiger partial charge in [-0.15, -0.1) is 0 Å². The molecule has 2 rings (SSSR count). The van der Waals surface area contributed by atoms with Gasteiger partial charge in [0.2, 0.25) is 0 Å². The average molecular weight is 332 g/mol. The molecular formula is C15H14BrN3O. The number of amides is 2. The molecule has 2 aromatic rings. The second kappa shape index (κ2) is 6.86. The van der Waals surface area contributed by atoms with Crippen LogP contribution in [0.15, 0.2) is 53.3 Å². The summed E-state index contributed by atoms with van der Waals surface area (Å²) in [7, 11) is 0. The molecule has 2 amide bonds. The Morgan fingerprint density at radius 2 is 2.10 bits per heavy atom. The molecule has 102 valence electrons. The van der Waals surface area contributed by atoms with Crippen molar-refractivity contribution in [2.45, 2.75) is 6.92 Å². The highest BCUT2D eigenvalue weighted by Gasteiger charge is 2.00. The molecule has 2 N–H and O–H groups in total. The van der Waals surface area contributed by atoms with Crippen LogP contribution in [0, 0.1) is 6.92 Å². The molecule has 0 aliphatic heterocycles. The number of rotatable bonds is 3.